The fraction of sp³-hybridized carbons (Fsp3) is 0.429. The van der Waals surface area contributed by atoms with Gasteiger partial charge in [0, 0.05) is 98.7 Å². The number of halogens is 2. The molecule has 0 spiro atoms. The summed E-state index contributed by atoms with van der Waals surface area (Å²) in [6, 6.07) is 12.9. The van der Waals surface area contributed by atoms with Crippen molar-refractivity contribution in [2.75, 3.05) is 77.6 Å². The molecule has 0 radical (unpaired) electrons. The summed E-state index contributed by atoms with van der Waals surface area (Å²) in [5, 5.41) is 37.4. The number of aliphatic hydroxyl groups excluding tert-OH is 2. The van der Waals surface area contributed by atoms with Crippen LogP contribution in [0.1, 0.15) is 93.2 Å². The third kappa shape index (κ3) is 15.2. The predicted molar refractivity (Wildman–Crippen MR) is 300 cm³/mol. The van der Waals surface area contributed by atoms with Crippen LogP contribution in [-0.4, -0.2) is 160 Å². The molecular formula is C56H66F2N10O11S2. The van der Waals surface area contributed by atoms with Crippen molar-refractivity contribution < 1.29 is 62.2 Å². The van der Waals surface area contributed by atoms with E-state index in [0.717, 1.165) is 69.8 Å². The summed E-state index contributed by atoms with van der Waals surface area (Å²) >= 11 is 3.06. The van der Waals surface area contributed by atoms with Crippen molar-refractivity contribution in [2.45, 2.75) is 88.6 Å². The topological polar surface area (TPSA) is 286 Å². The molecule has 25 heteroatoms. The first-order valence-electron chi connectivity index (χ1n) is 26.5. The Balaban J connectivity index is 0.000000181. The van der Waals surface area contributed by atoms with Gasteiger partial charge in [0.15, 0.2) is 0 Å². The van der Waals surface area contributed by atoms with E-state index in [0.29, 0.717) is 85.1 Å². The molecule has 8 heterocycles. The summed E-state index contributed by atoms with van der Waals surface area (Å²) in [6.45, 7) is 6.22. The van der Waals surface area contributed by atoms with Gasteiger partial charge in [-0.3, -0.25) is 14.4 Å². The van der Waals surface area contributed by atoms with Gasteiger partial charge in [-0.2, -0.15) is 0 Å². The van der Waals surface area contributed by atoms with Gasteiger partial charge in [0.05, 0.1) is 71.8 Å². The maximum atomic E-state index is 14.0. The predicted octanol–water partition coefficient (Wildman–Crippen LogP) is 6.27. The summed E-state index contributed by atoms with van der Waals surface area (Å²) in [4.78, 5) is 75.2. The second-order valence-electron chi connectivity index (χ2n) is 19.6. The highest BCUT2D eigenvalue weighted by Gasteiger charge is 2.35. The molecule has 10 rings (SSSR count). The van der Waals surface area contributed by atoms with Crippen LogP contribution in [0.15, 0.2) is 73.1 Å². The number of hydrogen-bond acceptors (Lipinski definition) is 19. The summed E-state index contributed by atoms with van der Waals surface area (Å²) in [5.41, 5.74) is 9.03. The van der Waals surface area contributed by atoms with Crippen LogP contribution in [0.4, 0.5) is 20.7 Å². The van der Waals surface area contributed by atoms with Crippen LogP contribution in [0.5, 0.6) is 11.5 Å². The minimum atomic E-state index is -0.994. The van der Waals surface area contributed by atoms with Gasteiger partial charge in [0.2, 0.25) is 17.8 Å². The zero-order chi connectivity index (χ0) is 57.7. The summed E-state index contributed by atoms with van der Waals surface area (Å²) in [7, 11) is 2.86. The van der Waals surface area contributed by atoms with Crippen molar-refractivity contribution >= 4 is 58.3 Å². The number of fused-ring (bicyclic) bond motifs is 2. The largest absolute Gasteiger partial charge is 0.497 e. The second-order valence-corrected chi connectivity index (χ2v) is 21.8. The van der Waals surface area contributed by atoms with Crippen LogP contribution in [0, 0.1) is 11.6 Å². The number of anilines is 2. The fourth-order valence-corrected chi connectivity index (χ4v) is 11.7. The fourth-order valence-electron chi connectivity index (χ4n) is 9.45. The Morgan fingerprint density at radius 1 is 0.704 bits per heavy atom. The summed E-state index contributed by atoms with van der Waals surface area (Å²) in [5.74, 6) is -1.08. The van der Waals surface area contributed by atoms with E-state index in [4.69, 9.17) is 29.8 Å². The minimum Gasteiger partial charge on any atom is -0.497 e. The van der Waals surface area contributed by atoms with E-state index < -0.39 is 54.3 Å². The third-order valence-electron chi connectivity index (χ3n) is 14.1. The molecule has 4 aliphatic rings. The molecule has 0 aliphatic carbocycles. The van der Waals surface area contributed by atoms with Gasteiger partial charge in [-0.1, -0.05) is 0 Å². The van der Waals surface area contributed by atoms with Crippen molar-refractivity contribution in [3.8, 4) is 32.6 Å². The van der Waals surface area contributed by atoms with Gasteiger partial charge >= 0.3 is 5.97 Å². The van der Waals surface area contributed by atoms with Crippen molar-refractivity contribution in [3.63, 3.8) is 0 Å². The molecule has 0 bridgehead atoms. The lowest BCUT2D eigenvalue weighted by Crippen LogP contribution is -2.51. The standard InChI is InChI=1S/C28H32FN5O5S.C19H22N4O4S.C9H12FNO2/c1-16(26(36)32-23(15-35)17-11-18(29)13-20(12-17)38-2)34-8-4-24-21(27(34)37)14-25(40-24)22-3-7-30-28(33-22)31-19-5-9-39-10-6-19;1-11(18(25)26)23-7-3-15-13(17(23)24)10-16(28-15)14-2-6-20-19(22-14)21-12-4-8-27-9-5-12;1-13-8-3-6(9(11)5-12)2-7(10)4-8/h3,7,11-14,16,19,23,35H,4-6,8-10,15H2,1-2H3,(H,32,36)(H,30,31,33);2,6,10-12H,3-5,7-9H2,1H3,(H,25,26)(H,20,21,22);2-4,9,12H,5,11H2,1H3/t16-,23-;;9-/m1.1/s1. The molecule has 432 valence electrons. The number of nitrogens with two attached hydrogens (primary N) is 1. The average molecular weight is 1160 g/mol. The molecule has 3 amide bonds. The Morgan fingerprint density at radius 3 is 1.60 bits per heavy atom. The van der Waals surface area contributed by atoms with Crippen LogP contribution in [0.2, 0.25) is 0 Å². The van der Waals surface area contributed by atoms with Gasteiger partial charge < -0.3 is 65.8 Å². The lowest BCUT2D eigenvalue weighted by atomic mass is 10.0. The highest BCUT2D eigenvalue weighted by Crippen LogP contribution is 2.37. The maximum Gasteiger partial charge on any atom is 0.326 e. The highest BCUT2D eigenvalue weighted by molar-refractivity contribution is 7.16. The number of aliphatic carboxylic acids is 1. The molecular weight excluding hydrogens is 1090 g/mol. The molecule has 2 saturated heterocycles. The average Bonchev–Trinajstić information content (AvgIpc) is 4.24. The number of aliphatic hydroxyl groups is 2. The number of ether oxygens (including phenoxy) is 4. The number of carboxylic acids is 1. The number of amides is 3. The Kier molecular flexibility index (Phi) is 20.6. The molecule has 0 saturated carbocycles. The van der Waals surface area contributed by atoms with E-state index in [1.54, 1.807) is 31.5 Å². The lowest BCUT2D eigenvalue weighted by molar-refractivity contribution is -0.141. The van der Waals surface area contributed by atoms with Crippen LogP contribution >= 0.6 is 22.7 Å². The number of nitrogens with one attached hydrogen (secondary N) is 3. The molecule has 81 heavy (non-hydrogen) atoms. The number of rotatable bonds is 17. The number of benzene rings is 2. The van der Waals surface area contributed by atoms with Crippen molar-refractivity contribution in [2.24, 2.45) is 5.73 Å². The van der Waals surface area contributed by atoms with E-state index in [2.05, 4.69) is 35.9 Å². The Bertz CT molecular complexity index is 3160. The van der Waals surface area contributed by atoms with Crippen LogP contribution in [0.25, 0.3) is 21.1 Å². The number of carbonyl (C=O) groups excluding carboxylic acids is 3. The monoisotopic (exact) mass is 1160 g/mol. The first-order chi connectivity index (χ1) is 39.0. The smallest absolute Gasteiger partial charge is 0.326 e. The number of carboxylic acid groups (broad SMARTS) is 1. The Labute approximate surface area is 474 Å². The first kappa shape index (κ1) is 59.9. The second kappa shape index (κ2) is 27.9. The van der Waals surface area contributed by atoms with Crippen molar-refractivity contribution in [1.82, 2.24) is 35.1 Å². The van der Waals surface area contributed by atoms with Gasteiger partial charge in [-0.25, -0.2) is 33.5 Å². The quantitative estimate of drug-likeness (QED) is 0.0529. The number of nitrogens with zero attached hydrogens (tertiary/aromatic N) is 6. The maximum absolute atomic E-state index is 14.0. The zero-order valence-corrected chi connectivity index (χ0v) is 46.9. The normalized spacial score (nSPS) is 17.0. The van der Waals surface area contributed by atoms with E-state index in [9.17, 15) is 38.2 Å². The van der Waals surface area contributed by atoms with E-state index in [1.165, 1.54) is 77.9 Å². The van der Waals surface area contributed by atoms with Gasteiger partial charge in [-0.05, 0) is 99.2 Å². The molecule has 1 unspecified atom stereocenters. The molecule has 4 aromatic heterocycles. The molecule has 6 aromatic rings. The number of carbonyl (C=O) groups is 4. The Hall–Kier alpha value is -7.26. The van der Waals surface area contributed by atoms with E-state index in [1.807, 2.05) is 24.3 Å². The molecule has 2 fully saturated rings. The number of thiophene rings is 2. The number of hydrogen-bond donors (Lipinski definition) is 7. The summed E-state index contributed by atoms with van der Waals surface area (Å²) < 4.78 is 47.6. The van der Waals surface area contributed by atoms with Crippen LogP contribution in [0.3, 0.4) is 0 Å². The van der Waals surface area contributed by atoms with Crippen LogP contribution in [-0.2, 0) is 31.9 Å². The van der Waals surface area contributed by atoms with Crippen LogP contribution < -0.4 is 31.2 Å². The lowest BCUT2D eigenvalue weighted by Gasteiger charge is -2.32. The molecule has 8 N–H and O–H groups in total. The zero-order valence-electron chi connectivity index (χ0n) is 45.2. The molecule has 4 aliphatic heterocycles. The van der Waals surface area contributed by atoms with Gasteiger partial charge in [0.25, 0.3) is 11.8 Å². The third-order valence-corrected chi connectivity index (χ3v) is 16.6. The van der Waals surface area contributed by atoms with Crippen molar-refractivity contribution in [1.29, 1.82) is 0 Å². The number of methoxy groups -OCH3 is 2. The van der Waals surface area contributed by atoms with Crippen molar-refractivity contribution in [3.05, 3.63) is 117 Å². The Morgan fingerprint density at radius 2 is 1.16 bits per heavy atom. The first-order valence-corrected chi connectivity index (χ1v) is 28.1. The van der Waals surface area contributed by atoms with E-state index in [-0.39, 0.29) is 30.2 Å². The summed E-state index contributed by atoms with van der Waals surface area (Å²) in [6.07, 6.45) is 8.31. The highest BCUT2D eigenvalue weighted by atomic mass is 32.1. The minimum absolute atomic E-state index is 0.216. The SMILES string of the molecule is CC(C(=O)O)N1CCc2sc(-c3ccnc(NC4CCOCC4)n3)cc2C1=O.COc1cc(F)cc([C@@H](CO)NC(=O)[C@@H](C)N2CCc3sc(-c4ccnc(NC5CCOCC5)n4)cc3C2=O)c1.COc1cc(F)cc([C@H](N)CO)c1. The van der Waals surface area contributed by atoms with E-state index >= 15 is 0 Å². The van der Waals surface area contributed by atoms with Gasteiger partial charge in [-0.15, -0.1) is 22.7 Å². The molecule has 4 atom stereocenters. The number of aromatic nitrogens is 4. The van der Waals surface area contributed by atoms with Gasteiger partial charge in [0.1, 0.15) is 35.2 Å². The molecule has 2 aromatic carbocycles. The molecule has 21 nitrogen and oxygen atoms in total.